The molecule has 0 aliphatic rings. The van der Waals surface area contributed by atoms with Crippen LogP contribution in [0.1, 0.15) is 322 Å². The Morgan fingerprint density at radius 3 is 0.935 bits per heavy atom. The number of carbonyl (C=O) groups is 1. The zero-order chi connectivity index (χ0) is 44.9. The fourth-order valence-corrected chi connectivity index (χ4v) is 9.08. The van der Waals surface area contributed by atoms with Gasteiger partial charge in [-0.3, -0.25) is 4.79 Å². The Labute approximate surface area is 389 Å². The summed E-state index contributed by atoms with van der Waals surface area (Å²) in [4.78, 5) is 12.4. The number of unbranched alkanes of at least 4 members (excludes halogenated alkanes) is 44. The Morgan fingerprint density at radius 2 is 0.629 bits per heavy atom. The van der Waals surface area contributed by atoms with E-state index in [-0.39, 0.29) is 12.5 Å². The van der Waals surface area contributed by atoms with E-state index < -0.39 is 12.1 Å². The van der Waals surface area contributed by atoms with Crippen molar-refractivity contribution in [1.82, 2.24) is 5.32 Å². The fraction of sp³-hybridized carbons (Fsp3) is 0.914. The number of aliphatic hydroxyl groups excluding tert-OH is 2. The van der Waals surface area contributed by atoms with E-state index in [0.29, 0.717) is 6.42 Å². The summed E-state index contributed by atoms with van der Waals surface area (Å²) in [5.41, 5.74) is 0. The number of carbonyl (C=O) groups excluding carboxylic acids is 1. The summed E-state index contributed by atoms with van der Waals surface area (Å²) in [7, 11) is 0. The first-order valence-electron chi connectivity index (χ1n) is 28.6. The molecule has 4 nitrogen and oxygen atoms in total. The van der Waals surface area contributed by atoms with E-state index >= 15 is 0 Å². The van der Waals surface area contributed by atoms with Gasteiger partial charge in [-0.25, -0.2) is 0 Å². The molecule has 0 aromatic heterocycles. The van der Waals surface area contributed by atoms with Crippen LogP contribution in [0.25, 0.3) is 0 Å². The van der Waals surface area contributed by atoms with Crippen molar-refractivity contribution in [1.29, 1.82) is 0 Å². The van der Waals surface area contributed by atoms with E-state index in [4.69, 9.17) is 0 Å². The molecule has 0 aromatic carbocycles. The molecule has 3 N–H and O–H groups in total. The van der Waals surface area contributed by atoms with Crippen LogP contribution < -0.4 is 5.32 Å². The Morgan fingerprint density at radius 1 is 0.371 bits per heavy atom. The molecule has 0 radical (unpaired) electrons. The van der Waals surface area contributed by atoms with E-state index in [2.05, 4.69) is 31.3 Å². The molecular formula is C58H113NO3. The van der Waals surface area contributed by atoms with Crippen molar-refractivity contribution in [3.05, 3.63) is 24.3 Å². The van der Waals surface area contributed by atoms with Crippen LogP contribution in [0.2, 0.25) is 0 Å². The standard InChI is InChI=1S/C58H113NO3/c1-3-5-7-9-11-13-15-17-19-20-21-22-23-24-25-26-27-28-29-30-31-32-33-34-35-36-37-38-39-40-42-44-46-48-50-52-54-58(62)59-56(55-60)57(61)53-51-49-47-45-43-41-18-16-14-12-10-8-6-4-2/h43,45,51,53,56-57,60-61H,3-42,44,46-50,52,54-55H2,1-2H3,(H,59,62)/b45-43+,53-51+. The summed E-state index contributed by atoms with van der Waals surface area (Å²) in [6, 6.07) is -0.635. The molecule has 0 fully saturated rings. The van der Waals surface area contributed by atoms with E-state index in [1.165, 1.54) is 270 Å². The molecule has 0 bridgehead atoms. The fourth-order valence-electron chi connectivity index (χ4n) is 9.08. The van der Waals surface area contributed by atoms with Gasteiger partial charge in [0.1, 0.15) is 0 Å². The summed E-state index contributed by atoms with van der Waals surface area (Å²) < 4.78 is 0. The summed E-state index contributed by atoms with van der Waals surface area (Å²) in [5, 5.41) is 23.1. The predicted molar refractivity (Wildman–Crippen MR) is 276 cm³/mol. The van der Waals surface area contributed by atoms with Crippen LogP contribution in [0.4, 0.5) is 0 Å². The highest BCUT2D eigenvalue weighted by molar-refractivity contribution is 5.76. The minimum absolute atomic E-state index is 0.0680. The molecule has 62 heavy (non-hydrogen) atoms. The van der Waals surface area contributed by atoms with Crippen molar-refractivity contribution < 1.29 is 15.0 Å². The number of nitrogens with one attached hydrogen (secondary N) is 1. The van der Waals surface area contributed by atoms with Crippen LogP contribution in [-0.4, -0.2) is 34.9 Å². The lowest BCUT2D eigenvalue weighted by molar-refractivity contribution is -0.123. The van der Waals surface area contributed by atoms with E-state index in [9.17, 15) is 15.0 Å². The second kappa shape index (κ2) is 54.2. The van der Waals surface area contributed by atoms with Crippen molar-refractivity contribution in [2.45, 2.75) is 334 Å². The van der Waals surface area contributed by atoms with Crippen LogP contribution >= 0.6 is 0 Å². The smallest absolute Gasteiger partial charge is 0.220 e. The second-order valence-corrected chi connectivity index (χ2v) is 19.7. The van der Waals surface area contributed by atoms with Crippen LogP contribution in [0, 0.1) is 0 Å². The molecule has 0 aliphatic heterocycles. The Kier molecular flexibility index (Phi) is 53.2. The maximum absolute atomic E-state index is 12.4. The van der Waals surface area contributed by atoms with Crippen molar-refractivity contribution >= 4 is 5.91 Å². The maximum Gasteiger partial charge on any atom is 0.220 e. The van der Waals surface area contributed by atoms with Gasteiger partial charge in [-0.15, -0.1) is 0 Å². The third-order valence-corrected chi connectivity index (χ3v) is 13.4. The second-order valence-electron chi connectivity index (χ2n) is 19.7. The minimum Gasteiger partial charge on any atom is -0.394 e. The molecule has 0 rings (SSSR count). The average Bonchev–Trinajstić information content (AvgIpc) is 3.28. The molecule has 2 unspecified atom stereocenters. The number of amides is 1. The van der Waals surface area contributed by atoms with Gasteiger partial charge in [0.25, 0.3) is 0 Å². The first-order chi connectivity index (χ1) is 30.7. The first kappa shape index (κ1) is 60.9. The van der Waals surface area contributed by atoms with E-state index in [1.807, 2.05) is 6.08 Å². The van der Waals surface area contributed by atoms with Gasteiger partial charge in [0.2, 0.25) is 5.91 Å². The summed E-state index contributed by atoms with van der Waals surface area (Å²) >= 11 is 0. The Balaban J connectivity index is 3.38. The molecule has 0 aliphatic carbocycles. The van der Waals surface area contributed by atoms with Crippen molar-refractivity contribution in [3.63, 3.8) is 0 Å². The van der Waals surface area contributed by atoms with Gasteiger partial charge >= 0.3 is 0 Å². The third-order valence-electron chi connectivity index (χ3n) is 13.4. The topological polar surface area (TPSA) is 69.6 Å². The zero-order valence-electron chi connectivity index (χ0n) is 42.4. The SMILES string of the molecule is CCCCCCCCCC/C=C/CC/C=C/C(O)C(CO)NC(=O)CCCCCCCCCCCCCCCCCCCCCCCCCCCCCCCCCCCCCC. The Hall–Kier alpha value is -1.13. The van der Waals surface area contributed by atoms with E-state index in [0.717, 1.165) is 32.1 Å². The largest absolute Gasteiger partial charge is 0.394 e. The normalized spacial score (nSPS) is 12.9. The monoisotopic (exact) mass is 872 g/mol. The molecule has 1 amide bonds. The number of hydrogen-bond donors (Lipinski definition) is 3. The van der Waals surface area contributed by atoms with Gasteiger partial charge in [-0.05, 0) is 32.1 Å². The predicted octanol–water partition coefficient (Wildman–Crippen LogP) is 18.7. The maximum atomic E-state index is 12.4. The number of hydrogen-bond acceptors (Lipinski definition) is 3. The molecule has 2 atom stereocenters. The zero-order valence-corrected chi connectivity index (χ0v) is 42.4. The summed E-state index contributed by atoms with van der Waals surface area (Å²) in [5.74, 6) is -0.0680. The summed E-state index contributed by atoms with van der Waals surface area (Å²) in [6.45, 7) is 4.32. The van der Waals surface area contributed by atoms with Gasteiger partial charge in [0.05, 0.1) is 18.8 Å². The minimum atomic E-state index is -0.858. The number of allylic oxidation sites excluding steroid dienone is 3. The number of rotatable bonds is 53. The highest BCUT2D eigenvalue weighted by atomic mass is 16.3. The lowest BCUT2D eigenvalue weighted by Gasteiger charge is -2.19. The van der Waals surface area contributed by atoms with Crippen LogP contribution in [0.5, 0.6) is 0 Å². The highest BCUT2D eigenvalue weighted by Gasteiger charge is 2.18. The lowest BCUT2D eigenvalue weighted by atomic mass is 10.0. The number of aliphatic hydroxyl groups is 2. The van der Waals surface area contributed by atoms with Crippen molar-refractivity contribution in [3.8, 4) is 0 Å². The molecule has 368 valence electrons. The van der Waals surface area contributed by atoms with Gasteiger partial charge in [-0.2, -0.15) is 0 Å². The van der Waals surface area contributed by atoms with Gasteiger partial charge in [0.15, 0.2) is 0 Å². The van der Waals surface area contributed by atoms with Gasteiger partial charge in [-0.1, -0.05) is 308 Å². The van der Waals surface area contributed by atoms with Crippen LogP contribution in [0.3, 0.4) is 0 Å². The molecular weight excluding hydrogens is 759 g/mol. The molecule has 0 aromatic rings. The first-order valence-corrected chi connectivity index (χ1v) is 28.6. The average molecular weight is 873 g/mol. The molecule has 0 saturated carbocycles. The van der Waals surface area contributed by atoms with Gasteiger partial charge in [0, 0.05) is 6.42 Å². The van der Waals surface area contributed by atoms with Crippen LogP contribution in [-0.2, 0) is 4.79 Å². The summed E-state index contributed by atoms with van der Waals surface area (Å²) in [6.07, 6.45) is 72.2. The lowest BCUT2D eigenvalue weighted by Crippen LogP contribution is -2.45. The highest BCUT2D eigenvalue weighted by Crippen LogP contribution is 2.18. The Bertz CT molecular complexity index is 901. The quantitative estimate of drug-likeness (QED) is 0.0421. The molecule has 4 heteroatoms. The molecule has 0 spiro atoms. The van der Waals surface area contributed by atoms with Gasteiger partial charge < -0.3 is 15.5 Å². The third kappa shape index (κ3) is 49.9. The molecule has 0 saturated heterocycles. The van der Waals surface area contributed by atoms with Crippen molar-refractivity contribution in [2.75, 3.05) is 6.61 Å². The van der Waals surface area contributed by atoms with Crippen molar-refractivity contribution in [2.24, 2.45) is 0 Å². The molecule has 0 heterocycles. The van der Waals surface area contributed by atoms with Crippen LogP contribution in [0.15, 0.2) is 24.3 Å². The van der Waals surface area contributed by atoms with E-state index in [1.54, 1.807) is 6.08 Å².